The fourth-order valence-corrected chi connectivity index (χ4v) is 2.32. The molecule has 2 nitrogen and oxygen atoms in total. The van der Waals surface area contributed by atoms with E-state index < -0.39 is 0 Å². The molecule has 0 atom stereocenters. The van der Waals surface area contributed by atoms with Gasteiger partial charge in [0.25, 0.3) is 0 Å². The van der Waals surface area contributed by atoms with Gasteiger partial charge in [-0.05, 0) is 57.6 Å². The molecular formula is C17H30N2. The van der Waals surface area contributed by atoms with E-state index in [1.807, 2.05) is 0 Å². The van der Waals surface area contributed by atoms with Crippen LogP contribution in [0.15, 0.2) is 24.3 Å². The number of nitrogens with zero attached hydrogens (tertiary/aromatic N) is 1. The Morgan fingerprint density at radius 3 is 2.53 bits per heavy atom. The van der Waals surface area contributed by atoms with Gasteiger partial charge in [-0.1, -0.05) is 44.0 Å². The SMILES string of the molecule is CCNCCCCCCN(C)Cc1ccccc1C. The number of rotatable bonds is 10. The largest absolute Gasteiger partial charge is 0.317 e. The van der Waals surface area contributed by atoms with Crippen molar-refractivity contribution in [3.63, 3.8) is 0 Å². The molecule has 108 valence electrons. The summed E-state index contributed by atoms with van der Waals surface area (Å²) < 4.78 is 0. The fourth-order valence-electron chi connectivity index (χ4n) is 2.32. The van der Waals surface area contributed by atoms with E-state index in [1.165, 1.54) is 49.9 Å². The Bertz CT molecular complexity index is 336. The highest BCUT2D eigenvalue weighted by atomic mass is 15.1. The highest BCUT2D eigenvalue weighted by Crippen LogP contribution is 2.10. The van der Waals surface area contributed by atoms with E-state index in [2.05, 4.69) is 55.4 Å². The molecule has 0 amide bonds. The minimum absolute atomic E-state index is 1.07. The number of hydrogen-bond acceptors (Lipinski definition) is 2. The van der Waals surface area contributed by atoms with Crippen molar-refractivity contribution in [2.75, 3.05) is 26.7 Å². The van der Waals surface area contributed by atoms with Crippen LogP contribution in [0.2, 0.25) is 0 Å². The first-order valence-electron chi connectivity index (χ1n) is 7.67. The molecule has 1 rings (SSSR count). The van der Waals surface area contributed by atoms with E-state index in [9.17, 15) is 0 Å². The average Bonchev–Trinajstić information content (AvgIpc) is 2.40. The molecule has 2 heteroatoms. The van der Waals surface area contributed by atoms with Crippen molar-refractivity contribution in [1.29, 1.82) is 0 Å². The summed E-state index contributed by atoms with van der Waals surface area (Å²) in [4.78, 5) is 2.44. The van der Waals surface area contributed by atoms with Gasteiger partial charge in [0.1, 0.15) is 0 Å². The lowest BCUT2D eigenvalue weighted by Crippen LogP contribution is -2.19. The Hall–Kier alpha value is -0.860. The first-order valence-corrected chi connectivity index (χ1v) is 7.67. The van der Waals surface area contributed by atoms with Gasteiger partial charge in [0, 0.05) is 6.54 Å². The zero-order valence-electron chi connectivity index (χ0n) is 12.9. The molecule has 0 spiro atoms. The third-order valence-corrected chi connectivity index (χ3v) is 3.59. The second-order valence-corrected chi connectivity index (χ2v) is 5.43. The molecule has 0 aliphatic rings. The molecule has 0 radical (unpaired) electrons. The van der Waals surface area contributed by atoms with Crippen LogP contribution in [0.25, 0.3) is 0 Å². The minimum Gasteiger partial charge on any atom is -0.317 e. The van der Waals surface area contributed by atoms with Gasteiger partial charge < -0.3 is 10.2 Å². The minimum atomic E-state index is 1.07. The molecule has 0 aliphatic heterocycles. The summed E-state index contributed by atoms with van der Waals surface area (Å²) >= 11 is 0. The third kappa shape index (κ3) is 7.34. The maximum atomic E-state index is 3.38. The van der Waals surface area contributed by atoms with E-state index in [0.29, 0.717) is 0 Å². The van der Waals surface area contributed by atoms with Crippen molar-refractivity contribution < 1.29 is 0 Å². The molecule has 0 fully saturated rings. The Morgan fingerprint density at radius 1 is 1.05 bits per heavy atom. The van der Waals surface area contributed by atoms with Crippen LogP contribution in [0.3, 0.4) is 0 Å². The highest BCUT2D eigenvalue weighted by Gasteiger charge is 2.02. The summed E-state index contributed by atoms with van der Waals surface area (Å²) in [6.45, 7) is 8.92. The summed E-state index contributed by atoms with van der Waals surface area (Å²) in [5.74, 6) is 0. The summed E-state index contributed by atoms with van der Waals surface area (Å²) in [5.41, 5.74) is 2.86. The van der Waals surface area contributed by atoms with Gasteiger partial charge in [0.05, 0.1) is 0 Å². The fraction of sp³-hybridized carbons (Fsp3) is 0.647. The Balaban J connectivity index is 2.08. The normalized spacial score (nSPS) is 11.2. The first-order chi connectivity index (χ1) is 9.24. The summed E-state index contributed by atoms with van der Waals surface area (Å²) in [6, 6.07) is 8.69. The molecule has 1 N–H and O–H groups in total. The van der Waals surface area contributed by atoms with E-state index in [1.54, 1.807) is 0 Å². The number of nitrogens with one attached hydrogen (secondary N) is 1. The molecule has 19 heavy (non-hydrogen) atoms. The average molecular weight is 262 g/mol. The number of unbranched alkanes of at least 4 members (excludes halogenated alkanes) is 3. The first kappa shape index (κ1) is 16.2. The maximum Gasteiger partial charge on any atom is 0.0233 e. The van der Waals surface area contributed by atoms with Crippen molar-refractivity contribution in [1.82, 2.24) is 10.2 Å². The van der Waals surface area contributed by atoms with Gasteiger partial charge in [-0.2, -0.15) is 0 Å². The van der Waals surface area contributed by atoms with Crippen molar-refractivity contribution >= 4 is 0 Å². The molecule has 0 heterocycles. The monoisotopic (exact) mass is 262 g/mol. The standard InChI is InChI=1S/C17H30N2/c1-4-18-13-9-5-6-10-14-19(3)15-17-12-8-7-11-16(17)2/h7-8,11-12,18H,4-6,9-10,13-15H2,1-3H3. The molecule has 0 saturated carbocycles. The summed E-state index contributed by atoms with van der Waals surface area (Å²) in [5, 5.41) is 3.38. The third-order valence-electron chi connectivity index (χ3n) is 3.59. The quantitative estimate of drug-likeness (QED) is 0.648. The molecule has 0 aliphatic carbocycles. The van der Waals surface area contributed by atoms with Crippen LogP contribution in [-0.2, 0) is 6.54 Å². The smallest absolute Gasteiger partial charge is 0.0233 e. The Morgan fingerprint density at radius 2 is 1.79 bits per heavy atom. The highest BCUT2D eigenvalue weighted by molar-refractivity contribution is 5.25. The summed E-state index contributed by atoms with van der Waals surface area (Å²) in [7, 11) is 2.23. The van der Waals surface area contributed by atoms with Crippen LogP contribution in [0.5, 0.6) is 0 Å². The van der Waals surface area contributed by atoms with E-state index in [4.69, 9.17) is 0 Å². The molecule has 0 bridgehead atoms. The Kier molecular flexibility index (Phi) is 8.52. The van der Waals surface area contributed by atoms with Crippen LogP contribution in [0, 0.1) is 6.92 Å². The number of aryl methyl sites for hydroxylation is 1. The molecule has 0 unspecified atom stereocenters. The zero-order chi connectivity index (χ0) is 13.9. The molecular weight excluding hydrogens is 232 g/mol. The topological polar surface area (TPSA) is 15.3 Å². The maximum absolute atomic E-state index is 3.38. The van der Waals surface area contributed by atoms with Crippen molar-refractivity contribution in [3.05, 3.63) is 35.4 Å². The van der Waals surface area contributed by atoms with Gasteiger partial charge in [-0.25, -0.2) is 0 Å². The molecule has 0 aromatic heterocycles. The van der Waals surface area contributed by atoms with Crippen LogP contribution >= 0.6 is 0 Å². The Labute approximate surface area is 119 Å². The van der Waals surface area contributed by atoms with Crippen LogP contribution in [-0.4, -0.2) is 31.6 Å². The predicted octanol–water partition coefficient (Wildman–Crippen LogP) is 3.60. The van der Waals surface area contributed by atoms with Crippen molar-refractivity contribution in [2.45, 2.75) is 46.1 Å². The van der Waals surface area contributed by atoms with Gasteiger partial charge in [0.15, 0.2) is 0 Å². The molecule has 0 saturated heterocycles. The van der Waals surface area contributed by atoms with Gasteiger partial charge >= 0.3 is 0 Å². The number of benzene rings is 1. The lowest BCUT2D eigenvalue weighted by molar-refractivity contribution is 0.316. The van der Waals surface area contributed by atoms with Crippen LogP contribution in [0.1, 0.15) is 43.7 Å². The molecule has 1 aromatic rings. The van der Waals surface area contributed by atoms with Gasteiger partial charge in [-0.3, -0.25) is 0 Å². The summed E-state index contributed by atoms with van der Waals surface area (Å²) in [6.07, 6.45) is 5.33. The predicted molar refractivity (Wildman–Crippen MR) is 84.5 cm³/mol. The second-order valence-electron chi connectivity index (χ2n) is 5.43. The van der Waals surface area contributed by atoms with Gasteiger partial charge in [-0.15, -0.1) is 0 Å². The lowest BCUT2D eigenvalue weighted by Gasteiger charge is -2.17. The zero-order valence-corrected chi connectivity index (χ0v) is 12.9. The van der Waals surface area contributed by atoms with E-state index >= 15 is 0 Å². The molecule has 1 aromatic carbocycles. The van der Waals surface area contributed by atoms with E-state index in [0.717, 1.165) is 13.1 Å². The lowest BCUT2D eigenvalue weighted by atomic mass is 10.1. The second kappa shape index (κ2) is 9.99. The van der Waals surface area contributed by atoms with Crippen molar-refractivity contribution in [3.8, 4) is 0 Å². The van der Waals surface area contributed by atoms with Crippen molar-refractivity contribution in [2.24, 2.45) is 0 Å². The number of hydrogen-bond donors (Lipinski definition) is 1. The van der Waals surface area contributed by atoms with Gasteiger partial charge in [0.2, 0.25) is 0 Å². The van der Waals surface area contributed by atoms with E-state index in [-0.39, 0.29) is 0 Å². The van der Waals surface area contributed by atoms with Crippen LogP contribution < -0.4 is 5.32 Å². The van der Waals surface area contributed by atoms with Crippen LogP contribution in [0.4, 0.5) is 0 Å².